The average Bonchev–Trinajstić information content (AvgIpc) is 2.78. The lowest BCUT2D eigenvalue weighted by molar-refractivity contribution is 0.226. The van der Waals surface area contributed by atoms with Crippen molar-refractivity contribution in [1.29, 1.82) is 0 Å². The van der Waals surface area contributed by atoms with Crippen molar-refractivity contribution in [2.45, 2.75) is 57.9 Å². The maximum Gasteiger partial charge on any atom is 0.0107 e. The summed E-state index contributed by atoms with van der Waals surface area (Å²) >= 11 is 0. The summed E-state index contributed by atoms with van der Waals surface area (Å²) in [7, 11) is 0. The first-order valence-electron chi connectivity index (χ1n) is 7.34. The second-order valence-electron chi connectivity index (χ2n) is 5.64. The molecular formula is C14H28N2. The van der Waals surface area contributed by atoms with E-state index < -0.39 is 0 Å². The standard InChI is InChI=1S/C14H28N2/c1-2-13-6-7-14(12-13)15-8-11-16-9-4-3-5-10-16/h13-15H,2-12H2,1H3. The highest BCUT2D eigenvalue weighted by atomic mass is 15.1. The molecular weight excluding hydrogens is 196 g/mol. The van der Waals surface area contributed by atoms with Crippen molar-refractivity contribution < 1.29 is 0 Å². The molecule has 0 bridgehead atoms. The lowest BCUT2D eigenvalue weighted by atomic mass is 10.1. The van der Waals surface area contributed by atoms with E-state index in [2.05, 4.69) is 17.1 Å². The molecule has 0 aromatic heterocycles. The van der Waals surface area contributed by atoms with E-state index in [0.29, 0.717) is 0 Å². The van der Waals surface area contributed by atoms with E-state index >= 15 is 0 Å². The lowest BCUT2D eigenvalue weighted by Crippen LogP contribution is -2.38. The van der Waals surface area contributed by atoms with Gasteiger partial charge in [-0.3, -0.25) is 0 Å². The van der Waals surface area contributed by atoms with E-state index in [-0.39, 0.29) is 0 Å². The Morgan fingerprint density at radius 1 is 1.12 bits per heavy atom. The van der Waals surface area contributed by atoms with Crippen LogP contribution in [0.3, 0.4) is 0 Å². The Morgan fingerprint density at radius 2 is 1.94 bits per heavy atom. The fourth-order valence-electron chi connectivity index (χ4n) is 3.24. The smallest absolute Gasteiger partial charge is 0.0107 e. The summed E-state index contributed by atoms with van der Waals surface area (Å²) in [5.41, 5.74) is 0. The largest absolute Gasteiger partial charge is 0.313 e. The third kappa shape index (κ3) is 3.74. The molecule has 0 aromatic carbocycles. The minimum Gasteiger partial charge on any atom is -0.313 e. The second-order valence-corrected chi connectivity index (χ2v) is 5.64. The van der Waals surface area contributed by atoms with Gasteiger partial charge in [-0.15, -0.1) is 0 Å². The van der Waals surface area contributed by atoms with Crippen LogP contribution in [0.15, 0.2) is 0 Å². The topological polar surface area (TPSA) is 15.3 Å². The van der Waals surface area contributed by atoms with Crippen molar-refractivity contribution in [3.05, 3.63) is 0 Å². The first-order chi connectivity index (χ1) is 7.88. The Hall–Kier alpha value is -0.0800. The minimum absolute atomic E-state index is 0.828. The van der Waals surface area contributed by atoms with Gasteiger partial charge in [0.15, 0.2) is 0 Å². The predicted molar refractivity (Wildman–Crippen MR) is 69.7 cm³/mol. The molecule has 1 saturated carbocycles. The van der Waals surface area contributed by atoms with Crippen LogP contribution in [-0.4, -0.2) is 37.1 Å². The van der Waals surface area contributed by atoms with Gasteiger partial charge in [-0.25, -0.2) is 0 Å². The van der Waals surface area contributed by atoms with Gasteiger partial charge in [-0.1, -0.05) is 19.8 Å². The number of hydrogen-bond donors (Lipinski definition) is 1. The average molecular weight is 224 g/mol. The Labute approximate surface area is 101 Å². The van der Waals surface area contributed by atoms with E-state index in [4.69, 9.17) is 0 Å². The first-order valence-corrected chi connectivity index (χ1v) is 7.34. The number of piperidine rings is 1. The molecule has 1 aliphatic carbocycles. The van der Waals surface area contributed by atoms with Crippen molar-refractivity contribution in [2.75, 3.05) is 26.2 Å². The van der Waals surface area contributed by atoms with Gasteiger partial charge < -0.3 is 10.2 Å². The Morgan fingerprint density at radius 3 is 2.62 bits per heavy atom. The van der Waals surface area contributed by atoms with E-state index in [1.165, 1.54) is 71.1 Å². The third-order valence-electron chi connectivity index (χ3n) is 4.43. The number of hydrogen-bond acceptors (Lipinski definition) is 2. The van der Waals surface area contributed by atoms with Gasteiger partial charge in [-0.05, 0) is 51.1 Å². The highest BCUT2D eigenvalue weighted by molar-refractivity contribution is 4.80. The fraction of sp³-hybridized carbons (Fsp3) is 1.00. The van der Waals surface area contributed by atoms with Crippen LogP contribution in [-0.2, 0) is 0 Å². The molecule has 94 valence electrons. The van der Waals surface area contributed by atoms with Crippen LogP contribution in [0.2, 0.25) is 0 Å². The SMILES string of the molecule is CCC1CCC(NCCN2CCCCC2)C1. The van der Waals surface area contributed by atoms with Crippen molar-refractivity contribution >= 4 is 0 Å². The fourth-order valence-corrected chi connectivity index (χ4v) is 3.24. The van der Waals surface area contributed by atoms with Crippen LogP contribution in [0.5, 0.6) is 0 Å². The van der Waals surface area contributed by atoms with Crippen LogP contribution in [0.25, 0.3) is 0 Å². The highest BCUT2D eigenvalue weighted by Gasteiger charge is 2.22. The van der Waals surface area contributed by atoms with E-state index in [0.717, 1.165) is 12.0 Å². The molecule has 0 spiro atoms. The Kier molecular flexibility index (Phi) is 5.11. The zero-order valence-corrected chi connectivity index (χ0v) is 10.9. The molecule has 0 amide bonds. The molecule has 0 aromatic rings. The van der Waals surface area contributed by atoms with E-state index in [9.17, 15) is 0 Å². The van der Waals surface area contributed by atoms with Gasteiger partial charge in [0.05, 0.1) is 0 Å². The van der Waals surface area contributed by atoms with Gasteiger partial charge in [0.1, 0.15) is 0 Å². The van der Waals surface area contributed by atoms with Crippen LogP contribution in [0.4, 0.5) is 0 Å². The predicted octanol–water partition coefficient (Wildman–Crippen LogP) is 2.64. The van der Waals surface area contributed by atoms with Crippen LogP contribution in [0, 0.1) is 5.92 Å². The second kappa shape index (κ2) is 6.61. The summed E-state index contributed by atoms with van der Waals surface area (Å²) in [6.45, 7) is 7.49. The van der Waals surface area contributed by atoms with Gasteiger partial charge in [0, 0.05) is 19.1 Å². The number of nitrogens with zero attached hydrogens (tertiary/aromatic N) is 1. The van der Waals surface area contributed by atoms with E-state index in [1.54, 1.807) is 0 Å². The molecule has 2 heteroatoms. The van der Waals surface area contributed by atoms with E-state index in [1.807, 2.05) is 0 Å². The summed E-state index contributed by atoms with van der Waals surface area (Å²) in [6, 6.07) is 0.828. The van der Waals surface area contributed by atoms with Crippen LogP contribution in [0.1, 0.15) is 51.9 Å². The molecule has 2 rings (SSSR count). The zero-order valence-electron chi connectivity index (χ0n) is 10.9. The first kappa shape index (κ1) is 12.4. The summed E-state index contributed by atoms with van der Waals surface area (Å²) in [6.07, 6.45) is 9.96. The zero-order chi connectivity index (χ0) is 11.2. The van der Waals surface area contributed by atoms with Gasteiger partial charge in [0.25, 0.3) is 0 Å². The molecule has 2 unspecified atom stereocenters. The third-order valence-corrected chi connectivity index (χ3v) is 4.43. The van der Waals surface area contributed by atoms with Crippen molar-refractivity contribution in [3.63, 3.8) is 0 Å². The maximum absolute atomic E-state index is 3.75. The van der Waals surface area contributed by atoms with Crippen molar-refractivity contribution in [1.82, 2.24) is 10.2 Å². The van der Waals surface area contributed by atoms with Crippen LogP contribution >= 0.6 is 0 Å². The molecule has 2 nitrogen and oxygen atoms in total. The molecule has 1 aliphatic heterocycles. The monoisotopic (exact) mass is 224 g/mol. The van der Waals surface area contributed by atoms with Gasteiger partial charge in [-0.2, -0.15) is 0 Å². The van der Waals surface area contributed by atoms with Gasteiger partial charge >= 0.3 is 0 Å². The van der Waals surface area contributed by atoms with Gasteiger partial charge in [0.2, 0.25) is 0 Å². The molecule has 2 atom stereocenters. The highest BCUT2D eigenvalue weighted by Crippen LogP contribution is 2.27. The molecule has 1 heterocycles. The number of likely N-dealkylation sites (tertiary alicyclic amines) is 1. The lowest BCUT2D eigenvalue weighted by Gasteiger charge is -2.27. The van der Waals surface area contributed by atoms with Crippen LogP contribution < -0.4 is 5.32 Å². The molecule has 1 N–H and O–H groups in total. The minimum atomic E-state index is 0.828. The van der Waals surface area contributed by atoms with Crippen molar-refractivity contribution in [2.24, 2.45) is 5.92 Å². The number of nitrogens with one attached hydrogen (secondary N) is 1. The molecule has 1 saturated heterocycles. The summed E-state index contributed by atoms with van der Waals surface area (Å²) in [5, 5.41) is 3.75. The molecule has 0 radical (unpaired) electrons. The Balaban J connectivity index is 1.54. The molecule has 2 fully saturated rings. The number of rotatable bonds is 5. The summed E-state index contributed by atoms with van der Waals surface area (Å²) in [4.78, 5) is 2.63. The normalized spacial score (nSPS) is 32.1. The summed E-state index contributed by atoms with van der Waals surface area (Å²) < 4.78 is 0. The summed E-state index contributed by atoms with van der Waals surface area (Å²) in [5.74, 6) is 1.01. The maximum atomic E-state index is 3.75. The van der Waals surface area contributed by atoms with Crippen molar-refractivity contribution in [3.8, 4) is 0 Å². The molecule has 2 aliphatic rings. The Bertz CT molecular complexity index is 187. The quantitative estimate of drug-likeness (QED) is 0.772. The molecule has 16 heavy (non-hydrogen) atoms.